The van der Waals surface area contributed by atoms with Gasteiger partial charge in [0.05, 0.1) is 20.3 Å². The van der Waals surface area contributed by atoms with Crippen molar-refractivity contribution in [1.29, 1.82) is 0 Å². The van der Waals surface area contributed by atoms with Gasteiger partial charge in [0.2, 0.25) is 0 Å². The molecule has 0 saturated carbocycles. The highest BCUT2D eigenvalue weighted by molar-refractivity contribution is 5.50. The van der Waals surface area contributed by atoms with Gasteiger partial charge in [0.25, 0.3) is 0 Å². The lowest BCUT2D eigenvalue weighted by Crippen LogP contribution is -2.45. The van der Waals surface area contributed by atoms with Crippen molar-refractivity contribution in [2.75, 3.05) is 38.8 Å². The van der Waals surface area contributed by atoms with Crippen LogP contribution in [0.4, 0.5) is 5.69 Å². The first kappa shape index (κ1) is 14.2. The number of nitrogens with zero attached hydrogens (tertiary/aromatic N) is 1. The number of rotatable bonds is 5. The molecule has 0 bridgehead atoms. The summed E-state index contributed by atoms with van der Waals surface area (Å²) in [6.45, 7) is 4.85. The lowest BCUT2D eigenvalue weighted by molar-refractivity contribution is 0.0724. The van der Waals surface area contributed by atoms with E-state index in [2.05, 4.69) is 36.3 Å². The zero-order valence-corrected chi connectivity index (χ0v) is 12.1. The summed E-state index contributed by atoms with van der Waals surface area (Å²) in [7, 11) is 3.83. The molecule has 1 aliphatic rings. The van der Waals surface area contributed by atoms with Crippen molar-refractivity contribution in [2.45, 2.75) is 25.4 Å². The Morgan fingerprint density at radius 1 is 1.53 bits per heavy atom. The van der Waals surface area contributed by atoms with Gasteiger partial charge in [-0.15, -0.1) is 0 Å². The van der Waals surface area contributed by atoms with E-state index in [9.17, 15) is 0 Å². The van der Waals surface area contributed by atoms with Crippen molar-refractivity contribution in [3.8, 4) is 5.75 Å². The molecule has 0 aliphatic carbocycles. The summed E-state index contributed by atoms with van der Waals surface area (Å²) >= 11 is 0. The van der Waals surface area contributed by atoms with Crippen LogP contribution in [0.2, 0.25) is 0 Å². The lowest BCUT2D eigenvalue weighted by Gasteiger charge is -2.32. The van der Waals surface area contributed by atoms with Gasteiger partial charge in [-0.05, 0) is 25.5 Å². The average molecular weight is 264 g/mol. The highest BCUT2D eigenvalue weighted by Crippen LogP contribution is 2.22. The average Bonchev–Trinajstić information content (AvgIpc) is 2.47. The second-order valence-corrected chi connectivity index (χ2v) is 5.12. The topological polar surface area (TPSA) is 33.7 Å². The van der Waals surface area contributed by atoms with Crippen LogP contribution in [-0.2, 0) is 4.74 Å². The molecule has 1 N–H and O–H groups in total. The third-order valence-corrected chi connectivity index (χ3v) is 3.75. The van der Waals surface area contributed by atoms with E-state index in [1.54, 1.807) is 7.11 Å². The van der Waals surface area contributed by atoms with Crippen LogP contribution in [0.5, 0.6) is 5.75 Å². The Bertz CT molecular complexity index is 391. The van der Waals surface area contributed by atoms with Gasteiger partial charge in [0.15, 0.2) is 0 Å². The fourth-order valence-electron chi connectivity index (χ4n) is 2.43. The van der Waals surface area contributed by atoms with Crippen LogP contribution >= 0.6 is 0 Å². The molecule has 2 atom stereocenters. The molecule has 0 amide bonds. The van der Waals surface area contributed by atoms with Crippen molar-refractivity contribution < 1.29 is 9.47 Å². The van der Waals surface area contributed by atoms with E-state index in [0.717, 1.165) is 31.9 Å². The van der Waals surface area contributed by atoms with E-state index in [1.807, 2.05) is 12.1 Å². The Morgan fingerprint density at radius 2 is 2.37 bits per heavy atom. The monoisotopic (exact) mass is 264 g/mol. The number of benzene rings is 1. The summed E-state index contributed by atoms with van der Waals surface area (Å²) in [5.41, 5.74) is 1.18. The maximum absolute atomic E-state index is 5.50. The quantitative estimate of drug-likeness (QED) is 0.880. The molecule has 19 heavy (non-hydrogen) atoms. The minimum absolute atomic E-state index is 0.450. The van der Waals surface area contributed by atoms with Gasteiger partial charge in [0.1, 0.15) is 5.75 Å². The van der Waals surface area contributed by atoms with Crippen LogP contribution in [0.25, 0.3) is 0 Å². The molecule has 0 aromatic heterocycles. The number of methoxy groups -OCH3 is 1. The van der Waals surface area contributed by atoms with Gasteiger partial charge < -0.3 is 19.7 Å². The van der Waals surface area contributed by atoms with Crippen LogP contribution in [0.1, 0.15) is 13.3 Å². The molecule has 2 rings (SSSR count). The van der Waals surface area contributed by atoms with Gasteiger partial charge in [-0.1, -0.05) is 6.07 Å². The summed E-state index contributed by atoms with van der Waals surface area (Å²) in [5.74, 6) is 0.899. The maximum Gasteiger partial charge on any atom is 0.120 e. The molecule has 0 radical (unpaired) electrons. The number of hydrogen-bond donors (Lipinski definition) is 1. The normalized spacial score (nSPS) is 20.9. The van der Waals surface area contributed by atoms with Gasteiger partial charge in [-0.2, -0.15) is 0 Å². The summed E-state index contributed by atoms with van der Waals surface area (Å²) < 4.78 is 10.8. The third-order valence-electron chi connectivity index (χ3n) is 3.75. The predicted molar refractivity (Wildman–Crippen MR) is 78.1 cm³/mol. The fraction of sp³-hybridized carbons (Fsp3) is 0.600. The predicted octanol–water partition coefficient (Wildman–Crippen LogP) is 1.90. The number of ether oxygens (including phenoxy) is 2. The molecular formula is C15H24N2O2. The first-order valence-electron chi connectivity index (χ1n) is 6.88. The van der Waals surface area contributed by atoms with Crippen LogP contribution in [0, 0.1) is 0 Å². The van der Waals surface area contributed by atoms with E-state index in [-0.39, 0.29) is 0 Å². The van der Waals surface area contributed by atoms with Crippen molar-refractivity contribution >= 4 is 5.69 Å². The van der Waals surface area contributed by atoms with Gasteiger partial charge in [0, 0.05) is 37.4 Å². The zero-order valence-electron chi connectivity index (χ0n) is 12.1. The van der Waals surface area contributed by atoms with E-state index in [0.29, 0.717) is 12.1 Å². The van der Waals surface area contributed by atoms with Crippen molar-refractivity contribution in [3.05, 3.63) is 24.3 Å². The van der Waals surface area contributed by atoms with Crippen molar-refractivity contribution in [2.24, 2.45) is 0 Å². The molecule has 4 nitrogen and oxygen atoms in total. The highest BCUT2D eigenvalue weighted by atomic mass is 16.5. The Balaban J connectivity index is 1.95. The van der Waals surface area contributed by atoms with Crippen LogP contribution in [-0.4, -0.2) is 46.0 Å². The fourth-order valence-corrected chi connectivity index (χ4v) is 2.43. The second-order valence-electron chi connectivity index (χ2n) is 5.12. The van der Waals surface area contributed by atoms with Crippen LogP contribution in [0.3, 0.4) is 0 Å². The first-order valence-corrected chi connectivity index (χ1v) is 6.88. The Labute approximate surface area is 115 Å². The number of hydrogen-bond acceptors (Lipinski definition) is 4. The lowest BCUT2D eigenvalue weighted by atomic mass is 10.1. The van der Waals surface area contributed by atoms with Gasteiger partial charge in [-0.25, -0.2) is 0 Å². The Kier molecular flexibility index (Phi) is 5.05. The highest BCUT2D eigenvalue weighted by Gasteiger charge is 2.19. The summed E-state index contributed by atoms with van der Waals surface area (Å²) in [4.78, 5) is 2.29. The standard InChI is InChI=1S/C15H24N2O2/c1-12(9-13-11-19-8-7-16-13)17(2)14-5-4-6-15(10-14)18-3/h4-6,10,12-13,16H,7-9,11H2,1-3H3. The van der Waals surface area contributed by atoms with E-state index in [1.165, 1.54) is 5.69 Å². The minimum atomic E-state index is 0.450. The molecule has 0 spiro atoms. The van der Waals surface area contributed by atoms with Crippen LogP contribution < -0.4 is 15.0 Å². The minimum Gasteiger partial charge on any atom is -0.497 e. The van der Waals surface area contributed by atoms with E-state index < -0.39 is 0 Å². The van der Waals surface area contributed by atoms with E-state index in [4.69, 9.17) is 9.47 Å². The number of nitrogens with one attached hydrogen (secondary N) is 1. The van der Waals surface area contributed by atoms with Crippen molar-refractivity contribution in [3.63, 3.8) is 0 Å². The molecule has 1 aliphatic heterocycles. The molecule has 4 heteroatoms. The smallest absolute Gasteiger partial charge is 0.120 e. The van der Waals surface area contributed by atoms with Crippen molar-refractivity contribution in [1.82, 2.24) is 5.32 Å². The molecule has 2 unspecified atom stereocenters. The molecular weight excluding hydrogens is 240 g/mol. The molecule has 1 aromatic carbocycles. The number of anilines is 1. The Hall–Kier alpha value is -1.26. The summed E-state index contributed by atoms with van der Waals surface area (Å²) in [5, 5.41) is 3.50. The summed E-state index contributed by atoms with van der Waals surface area (Å²) in [6.07, 6.45) is 1.08. The SMILES string of the molecule is COc1cccc(N(C)C(C)CC2COCCN2)c1. The second kappa shape index (κ2) is 6.78. The molecule has 1 aromatic rings. The zero-order chi connectivity index (χ0) is 13.7. The molecule has 1 heterocycles. The molecule has 106 valence electrons. The molecule has 1 fully saturated rings. The van der Waals surface area contributed by atoms with Gasteiger partial charge in [-0.3, -0.25) is 0 Å². The van der Waals surface area contributed by atoms with E-state index >= 15 is 0 Å². The molecule has 1 saturated heterocycles. The van der Waals surface area contributed by atoms with Crippen LogP contribution in [0.15, 0.2) is 24.3 Å². The summed E-state index contributed by atoms with van der Waals surface area (Å²) in [6, 6.07) is 9.09. The maximum atomic E-state index is 5.50. The first-order chi connectivity index (χ1) is 9.20. The largest absolute Gasteiger partial charge is 0.497 e. The third kappa shape index (κ3) is 3.85. The van der Waals surface area contributed by atoms with Gasteiger partial charge >= 0.3 is 0 Å². The number of morpholine rings is 1. The Morgan fingerprint density at radius 3 is 3.05 bits per heavy atom.